The Morgan fingerprint density at radius 1 is 1.27 bits per heavy atom. The summed E-state index contributed by atoms with van der Waals surface area (Å²) in [6, 6.07) is 10.0. The molecule has 0 aliphatic rings. The minimum absolute atomic E-state index is 0.0576. The third-order valence-corrected chi connectivity index (χ3v) is 4.17. The molecule has 0 atom stereocenters. The van der Waals surface area contributed by atoms with Crippen molar-refractivity contribution in [3.05, 3.63) is 64.0 Å². The number of carbonyl (C=O) groups is 1. The fourth-order valence-corrected chi connectivity index (χ4v) is 2.98. The van der Waals surface area contributed by atoms with Crippen LogP contribution in [0.4, 0.5) is 8.78 Å². The fourth-order valence-electron chi connectivity index (χ4n) is 2.64. The second kappa shape index (κ2) is 7.82. The number of imidazole rings is 1. The molecule has 0 saturated heterocycles. The average molecular weight is 425 g/mol. The van der Waals surface area contributed by atoms with Gasteiger partial charge in [-0.15, -0.1) is 0 Å². The Balaban J connectivity index is 2.10. The van der Waals surface area contributed by atoms with Gasteiger partial charge in [-0.05, 0) is 41.1 Å². The molecule has 26 heavy (non-hydrogen) atoms. The van der Waals surface area contributed by atoms with Crippen molar-refractivity contribution < 1.29 is 23.0 Å². The van der Waals surface area contributed by atoms with Crippen LogP contribution >= 0.6 is 15.9 Å². The van der Waals surface area contributed by atoms with Crippen LogP contribution in [0.25, 0.3) is 5.65 Å². The van der Waals surface area contributed by atoms with Gasteiger partial charge in [0.1, 0.15) is 11.4 Å². The lowest BCUT2D eigenvalue weighted by atomic mass is 10.1. The summed E-state index contributed by atoms with van der Waals surface area (Å²) < 4.78 is 37.5. The van der Waals surface area contributed by atoms with E-state index in [2.05, 4.69) is 25.7 Å². The van der Waals surface area contributed by atoms with Gasteiger partial charge in [0.05, 0.1) is 12.3 Å². The van der Waals surface area contributed by atoms with E-state index in [0.29, 0.717) is 16.9 Å². The topological polar surface area (TPSA) is 52.8 Å². The summed E-state index contributed by atoms with van der Waals surface area (Å²) in [6.45, 7) is -1.02. The number of halogens is 3. The molecular formula is C18H15BrF2N2O3. The molecule has 0 unspecified atom stereocenters. The predicted molar refractivity (Wildman–Crippen MR) is 94.7 cm³/mol. The lowest BCUT2D eigenvalue weighted by molar-refractivity contribution is -0.0504. The van der Waals surface area contributed by atoms with Crippen LogP contribution in [0.1, 0.15) is 28.7 Å². The van der Waals surface area contributed by atoms with Crippen LogP contribution in [0.15, 0.2) is 47.1 Å². The van der Waals surface area contributed by atoms with Crippen molar-refractivity contribution in [2.45, 2.75) is 20.0 Å². The zero-order chi connectivity index (χ0) is 18.7. The van der Waals surface area contributed by atoms with Gasteiger partial charge in [-0.3, -0.25) is 0 Å². The van der Waals surface area contributed by atoms with Gasteiger partial charge in [-0.1, -0.05) is 18.2 Å². The molecule has 1 aromatic carbocycles. The van der Waals surface area contributed by atoms with E-state index < -0.39 is 12.6 Å². The monoisotopic (exact) mass is 424 g/mol. The molecule has 2 heterocycles. The molecule has 3 aromatic rings. The standard InChI is InChI=1S/C18H15BrF2N2O3/c1-2-25-17(24)16-13(23-10-12(19)7-8-15(23)22-16)9-11-5-3-4-6-14(11)26-18(20)21/h3-8,10,18H,2,9H2,1H3. The van der Waals surface area contributed by atoms with Gasteiger partial charge in [0, 0.05) is 22.7 Å². The lowest BCUT2D eigenvalue weighted by Gasteiger charge is -2.11. The summed E-state index contributed by atoms with van der Waals surface area (Å²) in [5, 5.41) is 0. The van der Waals surface area contributed by atoms with Gasteiger partial charge in [0.25, 0.3) is 0 Å². The molecule has 2 aromatic heterocycles. The summed E-state index contributed by atoms with van der Waals surface area (Å²) >= 11 is 3.39. The SMILES string of the molecule is CCOC(=O)c1nc2ccc(Br)cn2c1Cc1ccccc1OC(F)F. The van der Waals surface area contributed by atoms with Crippen molar-refractivity contribution in [1.29, 1.82) is 0 Å². The van der Waals surface area contributed by atoms with E-state index in [9.17, 15) is 13.6 Å². The Kier molecular flexibility index (Phi) is 5.51. The molecular weight excluding hydrogens is 410 g/mol. The first kappa shape index (κ1) is 18.3. The van der Waals surface area contributed by atoms with Crippen molar-refractivity contribution >= 4 is 27.5 Å². The van der Waals surface area contributed by atoms with Crippen LogP contribution in [0.3, 0.4) is 0 Å². The van der Waals surface area contributed by atoms with E-state index in [4.69, 9.17) is 4.74 Å². The molecule has 0 aliphatic carbocycles. The Hall–Kier alpha value is -2.48. The highest BCUT2D eigenvalue weighted by Crippen LogP contribution is 2.26. The molecule has 0 saturated carbocycles. The Bertz CT molecular complexity index is 943. The summed E-state index contributed by atoms with van der Waals surface area (Å²) in [5.41, 5.74) is 1.75. The highest BCUT2D eigenvalue weighted by atomic mass is 79.9. The molecule has 136 valence electrons. The molecule has 0 N–H and O–H groups in total. The van der Waals surface area contributed by atoms with E-state index in [1.165, 1.54) is 6.07 Å². The van der Waals surface area contributed by atoms with Gasteiger partial charge < -0.3 is 13.9 Å². The van der Waals surface area contributed by atoms with E-state index in [-0.39, 0.29) is 24.5 Å². The summed E-state index contributed by atoms with van der Waals surface area (Å²) in [7, 11) is 0. The Morgan fingerprint density at radius 3 is 2.77 bits per heavy atom. The van der Waals surface area contributed by atoms with Crippen LogP contribution < -0.4 is 4.74 Å². The van der Waals surface area contributed by atoms with Crippen LogP contribution in [-0.2, 0) is 11.2 Å². The number of para-hydroxylation sites is 1. The molecule has 3 rings (SSSR count). The number of pyridine rings is 1. The third-order valence-electron chi connectivity index (χ3n) is 3.70. The van der Waals surface area contributed by atoms with Crippen LogP contribution in [0, 0.1) is 0 Å². The number of nitrogens with zero attached hydrogens (tertiary/aromatic N) is 2. The van der Waals surface area contributed by atoms with Crippen molar-refractivity contribution in [1.82, 2.24) is 9.38 Å². The molecule has 5 nitrogen and oxygen atoms in total. The number of hydrogen-bond acceptors (Lipinski definition) is 4. The molecule has 0 fully saturated rings. The lowest BCUT2D eigenvalue weighted by Crippen LogP contribution is -2.10. The normalized spacial score (nSPS) is 11.1. The highest BCUT2D eigenvalue weighted by molar-refractivity contribution is 9.10. The number of benzene rings is 1. The Morgan fingerprint density at radius 2 is 2.04 bits per heavy atom. The summed E-state index contributed by atoms with van der Waals surface area (Å²) in [4.78, 5) is 16.6. The first-order valence-corrected chi connectivity index (χ1v) is 8.65. The fraction of sp³-hybridized carbons (Fsp3) is 0.222. The second-order valence-corrected chi connectivity index (χ2v) is 6.28. The number of aromatic nitrogens is 2. The predicted octanol–water partition coefficient (Wildman–Crippen LogP) is 4.47. The quantitative estimate of drug-likeness (QED) is 0.548. The van der Waals surface area contributed by atoms with Gasteiger partial charge in [-0.2, -0.15) is 8.78 Å². The minimum Gasteiger partial charge on any atom is -0.461 e. The number of alkyl halides is 2. The van der Waals surface area contributed by atoms with E-state index >= 15 is 0 Å². The van der Waals surface area contributed by atoms with Gasteiger partial charge in [0.15, 0.2) is 5.69 Å². The smallest absolute Gasteiger partial charge is 0.387 e. The Labute approximate surface area is 156 Å². The number of hydrogen-bond donors (Lipinski definition) is 0. The van der Waals surface area contributed by atoms with Gasteiger partial charge in [-0.25, -0.2) is 9.78 Å². The number of rotatable bonds is 6. The number of fused-ring (bicyclic) bond motifs is 1. The van der Waals surface area contributed by atoms with Crippen molar-refractivity contribution in [3.8, 4) is 5.75 Å². The third kappa shape index (κ3) is 3.85. The molecule has 0 radical (unpaired) electrons. The summed E-state index contributed by atoms with van der Waals surface area (Å²) in [6.07, 6.45) is 1.94. The number of ether oxygens (including phenoxy) is 2. The first-order chi connectivity index (χ1) is 12.5. The van der Waals surface area contributed by atoms with E-state index in [1.54, 1.807) is 47.9 Å². The van der Waals surface area contributed by atoms with Crippen molar-refractivity contribution in [2.75, 3.05) is 6.61 Å². The summed E-state index contributed by atoms with van der Waals surface area (Å²) in [5.74, 6) is -0.503. The van der Waals surface area contributed by atoms with Gasteiger partial charge >= 0.3 is 12.6 Å². The van der Waals surface area contributed by atoms with Crippen molar-refractivity contribution in [2.24, 2.45) is 0 Å². The average Bonchev–Trinajstić information content (AvgIpc) is 2.94. The maximum Gasteiger partial charge on any atom is 0.387 e. The van der Waals surface area contributed by atoms with Gasteiger partial charge in [0.2, 0.25) is 0 Å². The molecule has 0 aliphatic heterocycles. The van der Waals surface area contributed by atoms with Crippen LogP contribution in [0.5, 0.6) is 5.75 Å². The molecule has 8 heteroatoms. The zero-order valence-electron chi connectivity index (χ0n) is 13.8. The molecule has 0 bridgehead atoms. The van der Waals surface area contributed by atoms with E-state index in [0.717, 1.165) is 4.47 Å². The first-order valence-electron chi connectivity index (χ1n) is 7.86. The highest BCUT2D eigenvalue weighted by Gasteiger charge is 2.22. The van der Waals surface area contributed by atoms with Crippen LogP contribution in [0.2, 0.25) is 0 Å². The largest absolute Gasteiger partial charge is 0.461 e. The van der Waals surface area contributed by atoms with E-state index in [1.807, 2.05) is 0 Å². The molecule has 0 amide bonds. The number of esters is 1. The number of carbonyl (C=O) groups excluding carboxylic acids is 1. The maximum absolute atomic E-state index is 12.7. The second-order valence-electron chi connectivity index (χ2n) is 5.37. The van der Waals surface area contributed by atoms with Crippen LogP contribution in [-0.4, -0.2) is 28.6 Å². The minimum atomic E-state index is -2.93. The molecule has 0 spiro atoms. The van der Waals surface area contributed by atoms with Crippen molar-refractivity contribution in [3.63, 3.8) is 0 Å². The zero-order valence-corrected chi connectivity index (χ0v) is 15.4. The maximum atomic E-state index is 12.7.